The highest BCUT2D eigenvalue weighted by Crippen LogP contribution is 2.32. The van der Waals surface area contributed by atoms with Crippen LogP contribution in [0.5, 0.6) is 0 Å². The summed E-state index contributed by atoms with van der Waals surface area (Å²) in [6.07, 6.45) is 2.50. The van der Waals surface area contributed by atoms with E-state index in [-0.39, 0.29) is 0 Å². The van der Waals surface area contributed by atoms with Crippen molar-refractivity contribution in [2.45, 2.75) is 19.9 Å². The van der Waals surface area contributed by atoms with E-state index >= 15 is 0 Å². The van der Waals surface area contributed by atoms with E-state index in [1.807, 2.05) is 0 Å². The first kappa shape index (κ1) is 13.4. The minimum absolute atomic E-state index is 0.605. The van der Waals surface area contributed by atoms with E-state index in [4.69, 9.17) is 27.6 Å². The topological polar surface area (TPSA) is 38.1 Å². The van der Waals surface area contributed by atoms with Crippen LogP contribution in [0.25, 0.3) is 11.3 Å². The summed E-state index contributed by atoms with van der Waals surface area (Å²) in [6, 6.07) is 5.29. The van der Waals surface area contributed by atoms with Gasteiger partial charge < -0.3 is 9.73 Å². The van der Waals surface area contributed by atoms with E-state index in [1.165, 1.54) is 6.39 Å². The summed E-state index contributed by atoms with van der Waals surface area (Å²) >= 11 is 12.1. The van der Waals surface area contributed by atoms with E-state index in [2.05, 4.69) is 17.2 Å². The normalized spacial score (nSPS) is 10.8. The fourth-order valence-corrected chi connectivity index (χ4v) is 2.04. The molecule has 0 aliphatic carbocycles. The lowest BCUT2D eigenvalue weighted by Crippen LogP contribution is -2.14. The van der Waals surface area contributed by atoms with Gasteiger partial charge in [0, 0.05) is 17.1 Å². The monoisotopic (exact) mass is 284 g/mol. The second-order valence-corrected chi connectivity index (χ2v) is 4.77. The number of nitrogens with one attached hydrogen (secondary N) is 1. The number of benzene rings is 1. The lowest BCUT2D eigenvalue weighted by molar-refractivity contribution is 0.569. The summed E-state index contributed by atoms with van der Waals surface area (Å²) < 4.78 is 5.42. The molecule has 0 unspecified atom stereocenters. The second kappa shape index (κ2) is 6.23. The van der Waals surface area contributed by atoms with Crippen molar-refractivity contribution >= 4 is 23.2 Å². The Kier molecular flexibility index (Phi) is 4.64. The molecule has 1 aromatic heterocycles. The molecule has 0 saturated heterocycles. The van der Waals surface area contributed by atoms with Gasteiger partial charge in [-0.3, -0.25) is 0 Å². The van der Waals surface area contributed by atoms with Gasteiger partial charge in [0.1, 0.15) is 5.69 Å². The van der Waals surface area contributed by atoms with Crippen LogP contribution in [0.2, 0.25) is 10.0 Å². The fraction of sp³-hybridized carbons (Fsp3) is 0.308. The molecule has 0 radical (unpaired) electrons. The summed E-state index contributed by atoms with van der Waals surface area (Å²) in [6.45, 7) is 3.71. The van der Waals surface area contributed by atoms with Crippen molar-refractivity contribution in [3.63, 3.8) is 0 Å². The minimum Gasteiger partial charge on any atom is -0.443 e. The first-order valence-electron chi connectivity index (χ1n) is 5.81. The average Bonchev–Trinajstić information content (AvgIpc) is 2.81. The van der Waals surface area contributed by atoms with Crippen LogP contribution in [0.4, 0.5) is 0 Å². The van der Waals surface area contributed by atoms with Crippen LogP contribution in [0.3, 0.4) is 0 Å². The van der Waals surface area contributed by atoms with Gasteiger partial charge in [-0.1, -0.05) is 30.1 Å². The molecular weight excluding hydrogens is 271 g/mol. The van der Waals surface area contributed by atoms with Gasteiger partial charge in [-0.2, -0.15) is 0 Å². The van der Waals surface area contributed by atoms with Gasteiger partial charge in [-0.15, -0.1) is 0 Å². The molecule has 0 fully saturated rings. The zero-order valence-electron chi connectivity index (χ0n) is 10.0. The van der Waals surface area contributed by atoms with Crippen molar-refractivity contribution < 1.29 is 4.42 Å². The van der Waals surface area contributed by atoms with Gasteiger partial charge in [0.25, 0.3) is 0 Å². The molecule has 0 aliphatic heterocycles. The van der Waals surface area contributed by atoms with Crippen LogP contribution in [-0.4, -0.2) is 11.5 Å². The summed E-state index contributed by atoms with van der Waals surface area (Å²) in [5, 5.41) is 4.51. The number of halogens is 2. The van der Waals surface area contributed by atoms with Gasteiger partial charge in [-0.05, 0) is 31.2 Å². The first-order chi connectivity index (χ1) is 8.72. The first-order valence-corrected chi connectivity index (χ1v) is 6.56. The molecule has 0 saturated carbocycles. The number of oxazole rings is 1. The molecule has 0 aliphatic rings. The van der Waals surface area contributed by atoms with Gasteiger partial charge in [0.05, 0.1) is 5.02 Å². The Morgan fingerprint density at radius 3 is 2.94 bits per heavy atom. The third kappa shape index (κ3) is 3.05. The molecule has 0 amide bonds. The molecule has 0 bridgehead atoms. The number of nitrogens with zero attached hydrogens (tertiary/aromatic N) is 1. The summed E-state index contributed by atoms with van der Waals surface area (Å²) in [4.78, 5) is 4.20. The molecule has 5 heteroatoms. The molecular formula is C13H14Cl2N2O. The predicted octanol–water partition coefficient (Wildman–Crippen LogP) is 4.15. The van der Waals surface area contributed by atoms with Crippen LogP contribution in [-0.2, 0) is 6.54 Å². The molecule has 0 spiro atoms. The highest BCUT2D eigenvalue weighted by Gasteiger charge is 2.14. The Balaban J connectivity index is 2.27. The van der Waals surface area contributed by atoms with E-state index in [0.717, 1.165) is 24.2 Å². The maximum atomic E-state index is 6.15. The number of hydrogen-bond acceptors (Lipinski definition) is 3. The Morgan fingerprint density at radius 1 is 1.33 bits per heavy atom. The average molecular weight is 285 g/mol. The van der Waals surface area contributed by atoms with Gasteiger partial charge in [-0.25, -0.2) is 4.98 Å². The molecule has 1 heterocycles. The van der Waals surface area contributed by atoms with Gasteiger partial charge >= 0.3 is 0 Å². The van der Waals surface area contributed by atoms with E-state index in [9.17, 15) is 0 Å². The molecule has 18 heavy (non-hydrogen) atoms. The highest BCUT2D eigenvalue weighted by atomic mass is 35.5. The maximum Gasteiger partial charge on any atom is 0.181 e. The van der Waals surface area contributed by atoms with Crippen molar-refractivity contribution in [2.75, 3.05) is 6.54 Å². The van der Waals surface area contributed by atoms with E-state index in [0.29, 0.717) is 22.4 Å². The molecule has 96 valence electrons. The SMILES string of the molecule is CCCNCc1ncoc1-c1cc(Cl)ccc1Cl. The Morgan fingerprint density at radius 2 is 2.17 bits per heavy atom. The number of rotatable bonds is 5. The van der Waals surface area contributed by atoms with Crippen LogP contribution in [0.1, 0.15) is 19.0 Å². The van der Waals surface area contributed by atoms with Crippen LogP contribution < -0.4 is 5.32 Å². The largest absolute Gasteiger partial charge is 0.443 e. The number of hydrogen-bond donors (Lipinski definition) is 1. The standard InChI is InChI=1S/C13H14Cl2N2O/c1-2-5-16-7-12-13(18-8-17-12)10-6-9(14)3-4-11(10)15/h3-4,6,8,16H,2,5,7H2,1H3. The third-order valence-corrected chi connectivity index (χ3v) is 3.10. The third-order valence-electron chi connectivity index (χ3n) is 2.53. The Bertz CT molecular complexity index is 525. The van der Waals surface area contributed by atoms with Crippen LogP contribution in [0.15, 0.2) is 29.0 Å². The van der Waals surface area contributed by atoms with E-state index in [1.54, 1.807) is 18.2 Å². The van der Waals surface area contributed by atoms with Crippen molar-refractivity contribution in [1.82, 2.24) is 10.3 Å². The molecule has 3 nitrogen and oxygen atoms in total. The molecule has 2 rings (SSSR count). The Labute approximate surface area is 116 Å². The predicted molar refractivity (Wildman–Crippen MR) is 74.0 cm³/mol. The van der Waals surface area contributed by atoms with E-state index < -0.39 is 0 Å². The maximum absolute atomic E-state index is 6.15. The summed E-state index contributed by atoms with van der Waals surface area (Å²) in [5.41, 5.74) is 1.61. The summed E-state index contributed by atoms with van der Waals surface area (Å²) in [5.74, 6) is 0.672. The summed E-state index contributed by atoms with van der Waals surface area (Å²) in [7, 11) is 0. The quantitative estimate of drug-likeness (QED) is 0.839. The van der Waals surface area contributed by atoms with Gasteiger partial charge in [0.2, 0.25) is 0 Å². The number of aromatic nitrogens is 1. The Hall–Kier alpha value is -1.03. The lowest BCUT2D eigenvalue weighted by Gasteiger charge is -2.05. The van der Waals surface area contributed by atoms with Crippen LogP contribution >= 0.6 is 23.2 Å². The second-order valence-electron chi connectivity index (χ2n) is 3.93. The zero-order chi connectivity index (χ0) is 13.0. The smallest absolute Gasteiger partial charge is 0.181 e. The van der Waals surface area contributed by atoms with Crippen molar-refractivity contribution in [3.05, 3.63) is 40.3 Å². The fourth-order valence-electron chi connectivity index (χ4n) is 1.67. The van der Waals surface area contributed by atoms with Crippen molar-refractivity contribution in [1.29, 1.82) is 0 Å². The molecule has 2 aromatic rings. The zero-order valence-corrected chi connectivity index (χ0v) is 11.6. The van der Waals surface area contributed by atoms with Crippen molar-refractivity contribution in [3.8, 4) is 11.3 Å². The highest BCUT2D eigenvalue weighted by molar-refractivity contribution is 6.35. The minimum atomic E-state index is 0.605. The van der Waals surface area contributed by atoms with Gasteiger partial charge in [0.15, 0.2) is 12.2 Å². The molecule has 1 aromatic carbocycles. The lowest BCUT2D eigenvalue weighted by atomic mass is 10.1. The molecule has 0 atom stereocenters. The molecule has 1 N–H and O–H groups in total. The van der Waals surface area contributed by atoms with Crippen LogP contribution in [0, 0.1) is 0 Å². The van der Waals surface area contributed by atoms with Crippen molar-refractivity contribution in [2.24, 2.45) is 0 Å².